The second-order valence-corrected chi connectivity index (χ2v) is 8.94. The van der Waals surface area contributed by atoms with Crippen LogP contribution in [0.1, 0.15) is 16.7 Å². The number of nitrogens with zero attached hydrogens (tertiary/aromatic N) is 1. The second kappa shape index (κ2) is 11.7. The molecule has 0 atom stereocenters. The van der Waals surface area contributed by atoms with Gasteiger partial charge in [-0.05, 0) is 74.3 Å². The lowest BCUT2D eigenvalue weighted by molar-refractivity contribution is -0.120. The number of carbonyl (C=O) groups is 1. The molecule has 0 saturated carbocycles. The summed E-state index contributed by atoms with van der Waals surface area (Å²) in [6, 6.07) is 25.6. The number of methoxy groups -OCH3 is 2. The zero-order chi connectivity index (χ0) is 24.6. The van der Waals surface area contributed by atoms with Crippen molar-refractivity contribution < 1.29 is 19.0 Å². The first-order chi connectivity index (χ1) is 17.1. The van der Waals surface area contributed by atoms with Crippen LogP contribution in [0.15, 0.2) is 84.0 Å². The third-order valence-electron chi connectivity index (χ3n) is 5.43. The SMILES string of the molecule is COc1ccc(CC(=O)N/N=C\c2cc(I)c(OCc3cccc4ccccc34)c(OC)c2)cc1. The minimum absolute atomic E-state index is 0.205. The maximum atomic E-state index is 12.2. The van der Waals surface area contributed by atoms with E-state index in [0.717, 1.165) is 31.4 Å². The summed E-state index contributed by atoms with van der Waals surface area (Å²) >= 11 is 2.22. The number of amides is 1. The molecule has 1 amide bonds. The standard InChI is InChI=1S/C28H25IN2O4/c1-33-23-12-10-19(11-13-23)16-27(32)31-30-17-20-14-25(29)28(26(15-20)34-2)35-18-22-8-5-7-21-6-3-4-9-24(21)22/h3-15,17H,16,18H2,1-2H3,(H,31,32)/b30-17-. The predicted molar refractivity (Wildman–Crippen MR) is 146 cm³/mol. The van der Waals surface area contributed by atoms with Gasteiger partial charge in [0.2, 0.25) is 5.91 Å². The maximum Gasteiger partial charge on any atom is 0.244 e. The van der Waals surface area contributed by atoms with Crippen molar-refractivity contribution in [1.29, 1.82) is 0 Å². The number of hydrazone groups is 1. The number of ether oxygens (including phenoxy) is 3. The van der Waals surface area contributed by atoms with Crippen LogP contribution in [0.3, 0.4) is 0 Å². The van der Waals surface area contributed by atoms with Crippen molar-refractivity contribution in [2.45, 2.75) is 13.0 Å². The van der Waals surface area contributed by atoms with Crippen LogP contribution in [0, 0.1) is 3.57 Å². The Labute approximate surface area is 218 Å². The number of benzene rings is 4. The second-order valence-electron chi connectivity index (χ2n) is 7.78. The van der Waals surface area contributed by atoms with Gasteiger partial charge in [0, 0.05) is 0 Å². The van der Waals surface area contributed by atoms with Crippen molar-refractivity contribution in [1.82, 2.24) is 5.43 Å². The molecular formula is C28H25IN2O4. The molecule has 7 heteroatoms. The monoisotopic (exact) mass is 580 g/mol. The lowest BCUT2D eigenvalue weighted by atomic mass is 10.1. The molecule has 0 aliphatic heterocycles. The molecule has 0 aromatic heterocycles. The highest BCUT2D eigenvalue weighted by Crippen LogP contribution is 2.34. The zero-order valence-corrected chi connectivity index (χ0v) is 21.6. The van der Waals surface area contributed by atoms with Gasteiger partial charge >= 0.3 is 0 Å². The molecule has 4 aromatic carbocycles. The van der Waals surface area contributed by atoms with E-state index in [9.17, 15) is 4.79 Å². The number of nitrogens with one attached hydrogen (secondary N) is 1. The molecule has 1 N–H and O–H groups in total. The van der Waals surface area contributed by atoms with Crippen molar-refractivity contribution in [3.8, 4) is 17.2 Å². The molecule has 4 aromatic rings. The molecule has 0 fully saturated rings. The number of rotatable bonds is 9. The smallest absolute Gasteiger partial charge is 0.244 e. The summed E-state index contributed by atoms with van der Waals surface area (Å²) in [5.74, 6) is 1.81. The summed E-state index contributed by atoms with van der Waals surface area (Å²) in [4.78, 5) is 12.2. The summed E-state index contributed by atoms with van der Waals surface area (Å²) in [7, 11) is 3.21. The van der Waals surface area contributed by atoms with Gasteiger partial charge in [-0.1, -0.05) is 54.6 Å². The highest BCUT2D eigenvalue weighted by atomic mass is 127. The molecule has 178 valence electrons. The Morgan fingerprint density at radius 2 is 1.74 bits per heavy atom. The van der Waals surface area contributed by atoms with Gasteiger partial charge in [-0.2, -0.15) is 5.10 Å². The quantitative estimate of drug-likeness (QED) is 0.156. The number of hydrogen-bond acceptors (Lipinski definition) is 5. The first-order valence-electron chi connectivity index (χ1n) is 11.0. The van der Waals surface area contributed by atoms with Crippen molar-refractivity contribution in [3.05, 3.63) is 99.1 Å². The molecule has 4 rings (SSSR count). The van der Waals surface area contributed by atoms with Crippen LogP contribution in [0.4, 0.5) is 0 Å². The fraction of sp³-hybridized carbons (Fsp3) is 0.143. The number of fused-ring (bicyclic) bond motifs is 1. The molecule has 0 aliphatic rings. The van der Waals surface area contributed by atoms with Crippen LogP contribution in [0.2, 0.25) is 0 Å². The van der Waals surface area contributed by atoms with E-state index in [1.54, 1.807) is 20.4 Å². The van der Waals surface area contributed by atoms with E-state index >= 15 is 0 Å². The van der Waals surface area contributed by atoms with Crippen LogP contribution in [0.5, 0.6) is 17.2 Å². The summed E-state index contributed by atoms with van der Waals surface area (Å²) in [5.41, 5.74) is 5.33. The molecule has 0 heterocycles. The van der Waals surface area contributed by atoms with E-state index in [4.69, 9.17) is 14.2 Å². The summed E-state index contributed by atoms with van der Waals surface area (Å²) in [5, 5.41) is 6.44. The molecular weight excluding hydrogens is 555 g/mol. The van der Waals surface area contributed by atoms with E-state index in [-0.39, 0.29) is 12.3 Å². The van der Waals surface area contributed by atoms with Crippen LogP contribution in [0.25, 0.3) is 10.8 Å². The Morgan fingerprint density at radius 1 is 0.971 bits per heavy atom. The van der Waals surface area contributed by atoms with Gasteiger partial charge in [0.05, 0.1) is 30.4 Å². The number of halogens is 1. The van der Waals surface area contributed by atoms with Gasteiger partial charge < -0.3 is 14.2 Å². The average Bonchev–Trinajstić information content (AvgIpc) is 2.88. The molecule has 0 spiro atoms. The van der Waals surface area contributed by atoms with Gasteiger partial charge in [-0.15, -0.1) is 0 Å². The lowest BCUT2D eigenvalue weighted by Gasteiger charge is -2.14. The molecule has 6 nitrogen and oxygen atoms in total. The van der Waals surface area contributed by atoms with E-state index in [1.165, 1.54) is 5.39 Å². The molecule has 0 saturated heterocycles. The summed E-state index contributed by atoms with van der Waals surface area (Å²) in [6.07, 6.45) is 1.81. The number of hydrogen-bond donors (Lipinski definition) is 1. The van der Waals surface area contributed by atoms with Gasteiger partial charge in [0.25, 0.3) is 0 Å². The topological polar surface area (TPSA) is 69.2 Å². The van der Waals surface area contributed by atoms with Gasteiger partial charge in [0.15, 0.2) is 11.5 Å². The lowest BCUT2D eigenvalue weighted by Crippen LogP contribution is -2.19. The molecule has 0 aliphatic carbocycles. The molecule has 0 radical (unpaired) electrons. The Morgan fingerprint density at radius 3 is 2.51 bits per heavy atom. The first-order valence-corrected chi connectivity index (χ1v) is 12.1. The van der Waals surface area contributed by atoms with Crippen molar-refractivity contribution in [3.63, 3.8) is 0 Å². The summed E-state index contributed by atoms with van der Waals surface area (Å²) in [6.45, 7) is 0.419. The highest BCUT2D eigenvalue weighted by molar-refractivity contribution is 14.1. The van der Waals surface area contributed by atoms with E-state index in [1.807, 2.05) is 54.6 Å². The van der Waals surface area contributed by atoms with E-state index in [2.05, 4.69) is 57.4 Å². The predicted octanol–water partition coefficient (Wildman–Crippen LogP) is 5.73. The largest absolute Gasteiger partial charge is 0.497 e. The van der Waals surface area contributed by atoms with E-state index in [0.29, 0.717) is 18.1 Å². The molecule has 0 bridgehead atoms. The fourth-order valence-electron chi connectivity index (χ4n) is 3.67. The Kier molecular flexibility index (Phi) is 8.20. The van der Waals surface area contributed by atoms with Gasteiger partial charge in [-0.3, -0.25) is 4.79 Å². The normalized spacial score (nSPS) is 10.9. The number of carbonyl (C=O) groups excluding carboxylic acids is 1. The van der Waals surface area contributed by atoms with Gasteiger partial charge in [-0.25, -0.2) is 5.43 Å². The average molecular weight is 580 g/mol. The van der Waals surface area contributed by atoms with Crippen LogP contribution < -0.4 is 19.6 Å². The van der Waals surface area contributed by atoms with Crippen LogP contribution in [-0.2, 0) is 17.8 Å². The van der Waals surface area contributed by atoms with Crippen molar-refractivity contribution in [2.75, 3.05) is 14.2 Å². The Bertz CT molecular complexity index is 1350. The first kappa shape index (κ1) is 24.5. The maximum absolute atomic E-state index is 12.2. The highest BCUT2D eigenvalue weighted by Gasteiger charge is 2.12. The van der Waals surface area contributed by atoms with Crippen LogP contribution >= 0.6 is 22.6 Å². The zero-order valence-electron chi connectivity index (χ0n) is 19.5. The van der Waals surface area contributed by atoms with E-state index < -0.39 is 0 Å². The minimum Gasteiger partial charge on any atom is -0.497 e. The third-order valence-corrected chi connectivity index (χ3v) is 6.23. The van der Waals surface area contributed by atoms with Crippen molar-refractivity contribution in [2.24, 2.45) is 5.10 Å². The summed E-state index contributed by atoms with van der Waals surface area (Å²) < 4.78 is 17.8. The van der Waals surface area contributed by atoms with Crippen LogP contribution in [-0.4, -0.2) is 26.3 Å². The Hall–Kier alpha value is -3.59. The Balaban J connectivity index is 1.41. The van der Waals surface area contributed by atoms with Crippen molar-refractivity contribution >= 4 is 45.5 Å². The molecule has 35 heavy (non-hydrogen) atoms. The fourth-order valence-corrected chi connectivity index (χ4v) is 4.45. The molecule has 0 unspecified atom stereocenters. The minimum atomic E-state index is -0.205. The third kappa shape index (κ3) is 6.30. The van der Waals surface area contributed by atoms with Gasteiger partial charge in [0.1, 0.15) is 12.4 Å².